The lowest BCUT2D eigenvalue weighted by Crippen LogP contribution is -2.34. The summed E-state index contributed by atoms with van der Waals surface area (Å²) in [6, 6.07) is 0. The lowest BCUT2D eigenvalue weighted by Gasteiger charge is -2.28. The van der Waals surface area contributed by atoms with E-state index in [-0.39, 0.29) is 11.3 Å². The molecule has 1 aromatic rings. The van der Waals surface area contributed by atoms with Crippen LogP contribution in [0.1, 0.15) is 50.7 Å². The molecule has 1 aliphatic rings. The molecule has 2 rings (SSSR count). The Morgan fingerprint density at radius 1 is 1.29 bits per heavy atom. The number of anilines is 1. The maximum absolute atomic E-state index is 11.7. The molecule has 0 saturated carbocycles. The van der Waals surface area contributed by atoms with E-state index < -0.39 is 11.9 Å². The van der Waals surface area contributed by atoms with E-state index in [1.807, 2.05) is 13.8 Å². The molecule has 0 aliphatic carbocycles. The highest BCUT2D eigenvalue weighted by atomic mass is 16.5. The van der Waals surface area contributed by atoms with Gasteiger partial charge in [-0.15, -0.1) is 0 Å². The largest absolute Gasteiger partial charge is 0.481 e. The fourth-order valence-electron chi connectivity index (χ4n) is 2.92. The standard InChI is InChI=1S/C18H29N3O3/c1-11-12(2)20-17(18(3,4)5)21-15(11)19-10-14(16(22)23)13-6-8-24-9-7-13/h13-14H,6-10H2,1-5H3,(H,22,23)(H,19,20,21). The normalized spacial score (nSPS) is 17.5. The highest BCUT2D eigenvalue weighted by Crippen LogP contribution is 2.27. The second-order valence-electron chi connectivity index (χ2n) is 7.63. The van der Waals surface area contributed by atoms with E-state index in [2.05, 4.69) is 36.1 Å². The predicted molar refractivity (Wildman–Crippen MR) is 93.4 cm³/mol. The number of hydrogen-bond donors (Lipinski definition) is 2. The van der Waals surface area contributed by atoms with Crippen molar-refractivity contribution in [3.63, 3.8) is 0 Å². The number of aryl methyl sites for hydroxylation is 1. The molecule has 1 aromatic heterocycles. The SMILES string of the molecule is Cc1nc(C(C)(C)C)nc(NCC(C(=O)O)C2CCOCC2)c1C. The summed E-state index contributed by atoms with van der Waals surface area (Å²) in [4.78, 5) is 20.9. The van der Waals surface area contributed by atoms with Crippen LogP contribution in [0, 0.1) is 25.7 Å². The Labute approximate surface area is 144 Å². The van der Waals surface area contributed by atoms with Crippen molar-refractivity contribution in [2.45, 2.75) is 52.9 Å². The van der Waals surface area contributed by atoms with E-state index in [9.17, 15) is 9.90 Å². The summed E-state index contributed by atoms with van der Waals surface area (Å²) in [5, 5.41) is 12.9. The van der Waals surface area contributed by atoms with Crippen molar-refractivity contribution in [2.75, 3.05) is 25.1 Å². The third-order valence-electron chi connectivity index (χ3n) is 4.70. The van der Waals surface area contributed by atoms with E-state index in [1.165, 1.54) is 0 Å². The zero-order valence-electron chi connectivity index (χ0n) is 15.3. The van der Waals surface area contributed by atoms with Crippen LogP contribution in [0.15, 0.2) is 0 Å². The molecular formula is C18H29N3O3. The Hall–Kier alpha value is -1.69. The average molecular weight is 335 g/mol. The minimum Gasteiger partial charge on any atom is -0.481 e. The first-order valence-corrected chi connectivity index (χ1v) is 8.60. The fraction of sp³-hybridized carbons (Fsp3) is 0.722. The molecule has 0 radical (unpaired) electrons. The quantitative estimate of drug-likeness (QED) is 0.860. The highest BCUT2D eigenvalue weighted by molar-refractivity contribution is 5.71. The van der Waals surface area contributed by atoms with E-state index in [0.29, 0.717) is 19.8 Å². The van der Waals surface area contributed by atoms with Gasteiger partial charge in [0, 0.05) is 36.4 Å². The van der Waals surface area contributed by atoms with Gasteiger partial charge in [-0.1, -0.05) is 20.8 Å². The Morgan fingerprint density at radius 3 is 2.46 bits per heavy atom. The van der Waals surface area contributed by atoms with Crippen molar-refractivity contribution in [3.05, 3.63) is 17.1 Å². The third-order valence-corrected chi connectivity index (χ3v) is 4.70. The Morgan fingerprint density at radius 2 is 1.92 bits per heavy atom. The summed E-state index contributed by atoms with van der Waals surface area (Å²) in [7, 11) is 0. The molecule has 6 heteroatoms. The molecular weight excluding hydrogens is 306 g/mol. The number of nitrogens with zero attached hydrogens (tertiary/aromatic N) is 2. The molecule has 24 heavy (non-hydrogen) atoms. The minimum atomic E-state index is -0.756. The van der Waals surface area contributed by atoms with Crippen molar-refractivity contribution < 1.29 is 14.6 Å². The number of nitrogens with one attached hydrogen (secondary N) is 1. The maximum atomic E-state index is 11.7. The van der Waals surface area contributed by atoms with Crippen LogP contribution >= 0.6 is 0 Å². The molecule has 0 amide bonds. The zero-order valence-corrected chi connectivity index (χ0v) is 15.3. The van der Waals surface area contributed by atoms with Gasteiger partial charge in [0.1, 0.15) is 11.6 Å². The van der Waals surface area contributed by atoms with Crippen molar-refractivity contribution in [1.82, 2.24) is 9.97 Å². The number of aliphatic carboxylic acids is 1. The highest BCUT2D eigenvalue weighted by Gasteiger charge is 2.30. The van der Waals surface area contributed by atoms with Gasteiger partial charge in [-0.05, 0) is 32.6 Å². The van der Waals surface area contributed by atoms with Crippen molar-refractivity contribution in [1.29, 1.82) is 0 Å². The van der Waals surface area contributed by atoms with Crippen molar-refractivity contribution in [2.24, 2.45) is 11.8 Å². The molecule has 0 spiro atoms. The van der Waals surface area contributed by atoms with Crippen LogP contribution in [0.5, 0.6) is 0 Å². The van der Waals surface area contributed by atoms with Gasteiger partial charge in [0.05, 0.1) is 5.92 Å². The third kappa shape index (κ3) is 4.44. The summed E-state index contributed by atoms with van der Waals surface area (Å²) in [5.41, 5.74) is 1.75. The second kappa shape index (κ2) is 7.47. The molecule has 0 aromatic carbocycles. The molecule has 1 unspecified atom stereocenters. The molecule has 2 heterocycles. The number of hydrogen-bond acceptors (Lipinski definition) is 5. The number of carboxylic acid groups (broad SMARTS) is 1. The van der Waals surface area contributed by atoms with Crippen LogP contribution in [0.2, 0.25) is 0 Å². The first-order chi connectivity index (χ1) is 11.2. The van der Waals surface area contributed by atoms with Crippen molar-refractivity contribution >= 4 is 11.8 Å². The van der Waals surface area contributed by atoms with Gasteiger partial charge in [0.25, 0.3) is 0 Å². The topological polar surface area (TPSA) is 84.3 Å². The summed E-state index contributed by atoms with van der Waals surface area (Å²) in [5.74, 6) is 0.474. The van der Waals surface area contributed by atoms with Crippen LogP contribution in [0.4, 0.5) is 5.82 Å². The van der Waals surface area contributed by atoms with Gasteiger partial charge in [-0.3, -0.25) is 4.79 Å². The number of carboxylic acids is 1. The summed E-state index contributed by atoms with van der Waals surface area (Å²) >= 11 is 0. The van der Waals surface area contributed by atoms with Gasteiger partial charge in [-0.25, -0.2) is 9.97 Å². The van der Waals surface area contributed by atoms with Crippen LogP contribution in [-0.4, -0.2) is 40.8 Å². The fourth-order valence-corrected chi connectivity index (χ4v) is 2.92. The summed E-state index contributed by atoms with van der Waals surface area (Å²) in [6.45, 7) is 11.8. The van der Waals surface area contributed by atoms with Gasteiger partial charge in [0.15, 0.2) is 0 Å². The first-order valence-electron chi connectivity index (χ1n) is 8.60. The maximum Gasteiger partial charge on any atom is 0.308 e. The molecule has 1 saturated heterocycles. The lowest BCUT2D eigenvalue weighted by atomic mass is 9.86. The monoisotopic (exact) mass is 335 g/mol. The molecule has 0 bridgehead atoms. The van der Waals surface area contributed by atoms with Gasteiger partial charge >= 0.3 is 5.97 Å². The molecule has 134 valence electrons. The molecule has 1 fully saturated rings. The zero-order chi connectivity index (χ0) is 17.9. The number of rotatable bonds is 5. The van der Waals surface area contributed by atoms with E-state index in [4.69, 9.17) is 4.74 Å². The summed E-state index contributed by atoms with van der Waals surface area (Å²) in [6.07, 6.45) is 1.60. The van der Waals surface area contributed by atoms with E-state index in [0.717, 1.165) is 35.7 Å². The molecule has 1 atom stereocenters. The smallest absolute Gasteiger partial charge is 0.308 e. The molecule has 1 aliphatic heterocycles. The Bertz CT molecular complexity index is 590. The predicted octanol–water partition coefficient (Wildman–Crippen LogP) is 2.93. The minimum absolute atomic E-state index is 0.147. The van der Waals surface area contributed by atoms with Gasteiger partial charge in [0.2, 0.25) is 0 Å². The number of aromatic nitrogens is 2. The molecule has 6 nitrogen and oxygen atoms in total. The Balaban J connectivity index is 2.17. The number of carbonyl (C=O) groups is 1. The Kier molecular flexibility index (Phi) is 5.80. The van der Waals surface area contributed by atoms with Crippen LogP contribution in [0.3, 0.4) is 0 Å². The van der Waals surface area contributed by atoms with Crippen LogP contribution in [-0.2, 0) is 14.9 Å². The van der Waals surface area contributed by atoms with Crippen molar-refractivity contribution in [3.8, 4) is 0 Å². The lowest BCUT2D eigenvalue weighted by molar-refractivity contribution is -0.144. The van der Waals surface area contributed by atoms with E-state index >= 15 is 0 Å². The number of ether oxygens (including phenoxy) is 1. The van der Waals surface area contributed by atoms with Gasteiger partial charge < -0.3 is 15.2 Å². The second-order valence-corrected chi connectivity index (χ2v) is 7.63. The van der Waals surface area contributed by atoms with Crippen LogP contribution < -0.4 is 5.32 Å². The first kappa shape index (κ1) is 18.6. The van der Waals surface area contributed by atoms with Crippen LogP contribution in [0.25, 0.3) is 0 Å². The van der Waals surface area contributed by atoms with Gasteiger partial charge in [-0.2, -0.15) is 0 Å². The van der Waals surface area contributed by atoms with E-state index in [1.54, 1.807) is 0 Å². The average Bonchev–Trinajstić information content (AvgIpc) is 2.51. The molecule has 2 N–H and O–H groups in total. The summed E-state index contributed by atoms with van der Waals surface area (Å²) < 4.78 is 5.35.